The number of hydrogen-bond acceptors (Lipinski definition) is 3. The lowest BCUT2D eigenvalue weighted by atomic mass is 10.1. The Kier molecular flexibility index (Phi) is 5.74. The minimum Gasteiger partial charge on any atom is -0.386 e. The molecule has 0 bridgehead atoms. The SMILES string of the molecule is Cc1ccccc1/C=N\OCC(=O)Nc1cccc(I)c1. The second kappa shape index (κ2) is 7.78. The molecule has 0 heterocycles. The number of carbonyl (C=O) groups excluding carboxylic acids is 1. The summed E-state index contributed by atoms with van der Waals surface area (Å²) in [5.74, 6) is -0.237. The summed E-state index contributed by atoms with van der Waals surface area (Å²) in [5.41, 5.74) is 2.82. The van der Waals surface area contributed by atoms with Crippen LogP contribution in [0.2, 0.25) is 0 Å². The first-order chi connectivity index (χ1) is 10.1. The van der Waals surface area contributed by atoms with Gasteiger partial charge in [0.05, 0.1) is 6.21 Å². The molecule has 108 valence electrons. The number of rotatable bonds is 5. The summed E-state index contributed by atoms with van der Waals surface area (Å²) in [6.45, 7) is 1.87. The second-order valence-electron chi connectivity index (χ2n) is 4.42. The van der Waals surface area contributed by atoms with Crippen molar-refractivity contribution in [1.82, 2.24) is 0 Å². The van der Waals surface area contributed by atoms with Gasteiger partial charge in [-0.1, -0.05) is 35.5 Å². The maximum absolute atomic E-state index is 11.7. The van der Waals surface area contributed by atoms with Crippen molar-refractivity contribution in [2.24, 2.45) is 5.16 Å². The van der Waals surface area contributed by atoms with Crippen LogP contribution in [0.4, 0.5) is 5.69 Å². The van der Waals surface area contributed by atoms with Crippen LogP contribution in [0.25, 0.3) is 0 Å². The van der Waals surface area contributed by atoms with Gasteiger partial charge < -0.3 is 10.2 Å². The van der Waals surface area contributed by atoms with Gasteiger partial charge in [-0.3, -0.25) is 4.79 Å². The monoisotopic (exact) mass is 394 g/mol. The van der Waals surface area contributed by atoms with Crippen LogP contribution in [0, 0.1) is 10.5 Å². The first kappa shape index (κ1) is 15.5. The molecular formula is C16H15IN2O2. The van der Waals surface area contributed by atoms with E-state index >= 15 is 0 Å². The summed E-state index contributed by atoms with van der Waals surface area (Å²) in [5, 5.41) is 6.56. The van der Waals surface area contributed by atoms with Crippen molar-refractivity contribution in [3.63, 3.8) is 0 Å². The Morgan fingerprint density at radius 3 is 2.86 bits per heavy atom. The third-order valence-electron chi connectivity index (χ3n) is 2.76. The van der Waals surface area contributed by atoms with Crippen molar-refractivity contribution in [2.45, 2.75) is 6.92 Å². The molecule has 1 amide bonds. The molecule has 21 heavy (non-hydrogen) atoms. The van der Waals surface area contributed by atoms with Crippen LogP contribution in [0.5, 0.6) is 0 Å². The molecule has 4 nitrogen and oxygen atoms in total. The number of nitrogens with one attached hydrogen (secondary N) is 1. The van der Waals surface area contributed by atoms with Gasteiger partial charge in [-0.25, -0.2) is 0 Å². The van der Waals surface area contributed by atoms with Gasteiger partial charge in [0.1, 0.15) is 0 Å². The van der Waals surface area contributed by atoms with Crippen LogP contribution in [-0.2, 0) is 9.63 Å². The largest absolute Gasteiger partial charge is 0.386 e. The van der Waals surface area contributed by atoms with E-state index in [4.69, 9.17) is 4.84 Å². The number of hydrogen-bond donors (Lipinski definition) is 1. The first-order valence-corrected chi connectivity index (χ1v) is 7.49. The highest BCUT2D eigenvalue weighted by Gasteiger charge is 2.02. The number of carbonyl (C=O) groups is 1. The van der Waals surface area contributed by atoms with Crippen molar-refractivity contribution in [1.29, 1.82) is 0 Å². The number of benzene rings is 2. The zero-order valence-corrected chi connectivity index (χ0v) is 13.7. The second-order valence-corrected chi connectivity index (χ2v) is 5.67. The van der Waals surface area contributed by atoms with Crippen LogP contribution in [-0.4, -0.2) is 18.7 Å². The molecule has 0 spiro atoms. The van der Waals surface area contributed by atoms with Gasteiger partial charge >= 0.3 is 0 Å². The molecule has 0 aliphatic carbocycles. The van der Waals surface area contributed by atoms with E-state index in [1.165, 1.54) is 0 Å². The molecule has 2 aromatic rings. The third kappa shape index (κ3) is 5.18. The molecule has 2 aromatic carbocycles. The van der Waals surface area contributed by atoms with Gasteiger partial charge in [0.15, 0.2) is 6.61 Å². The molecule has 0 aliphatic rings. The fourth-order valence-electron chi connectivity index (χ4n) is 1.68. The lowest BCUT2D eigenvalue weighted by molar-refractivity contribution is -0.120. The van der Waals surface area contributed by atoms with Crippen molar-refractivity contribution >= 4 is 40.4 Å². The Balaban J connectivity index is 1.81. The van der Waals surface area contributed by atoms with E-state index in [-0.39, 0.29) is 12.5 Å². The van der Waals surface area contributed by atoms with Crippen molar-refractivity contribution < 1.29 is 9.63 Å². The summed E-state index contributed by atoms with van der Waals surface area (Å²) < 4.78 is 1.06. The number of halogens is 1. The maximum atomic E-state index is 11.7. The summed E-state index contributed by atoms with van der Waals surface area (Å²) in [4.78, 5) is 16.7. The average molecular weight is 394 g/mol. The third-order valence-corrected chi connectivity index (χ3v) is 3.43. The summed E-state index contributed by atoms with van der Waals surface area (Å²) in [6, 6.07) is 15.4. The highest BCUT2D eigenvalue weighted by molar-refractivity contribution is 14.1. The number of amides is 1. The molecule has 0 unspecified atom stereocenters. The highest BCUT2D eigenvalue weighted by Crippen LogP contribution is 2.12. The fourth-order valence-corrected chi connectivity index (χ4v) is 2.23. The standard InChI is InChI=1S/C16H15IN2O2/c1-12-5-2-3-6-13(12)10-18-21-11-16(20)19-15-8-4-7-14(17)9-15/h2-10H,11H2,1H3,(H,19,20)/b18-10-. The van der Waals surface area contributed by atoms with Crippen LogP contribution >= 0.6 is 22.6 Å². The topological polar surface area (TPSA) is 50.7 Å². The van der Waals surface area contributed by atoms with E-state index in [1.54, 1.807) is 6.21 Å². The van der Waals surface area contributed by atoms with Crippen LogP contribution < -0.4 is 5.32 Å². The Morgan fingerprint density at radius 2 is 2.10 bits per heavy atom. The molecule has 0 radical (unpaired) electrons. The zero-order valence-electron chi connectivity index (χ0n) is 11.5. The smallest absolute Gasteiger partial charge is 0.265 e. The van der Waals surface area contributed by atoms with Crippen molar-refractivity contribution in [2.75, 3.05) is 11.9 Å². The quantitative estimate of drug-likeness (QED) is 0.479. The number of oxime groups is 1. The van der Waals surface area contributed by atoms with Crippen LogP contribution in [0.3, 0.4) is 0 Å². The molecule has 0 saturated heterocycles. The minimum atomic E-state index is -0.237. The predicted molar refractivity (Wildman–Crippen MR) is 92.5 cm³/mol. The van der Waals surface area contributed by atoms with Gasteiger partial charge in [-0.15, -0.1) is 0 Å². The van der Waals surface area contributed by atoms with Crippen LogP contribution in [0.1, 0.15) is 11.1 Å². The highest BCUT2D eigenvalue weighted by atomic mass is 127. The maximum Gasteiger partial charge on any atom is 0.265 e. The van der Waals surface area contributed by atoms with Gasteiger partial charge in [0.2, 0.25) is 0 Å². The summed E-state index contributed by atoms with van der Waals surface area (Å²) in [7, 11) is 0. The first-order valence-electron chi connectivity index (χ1n) is 6.41. The Labute approximate surface area is 137 Å². The van der Waals surface area contributed by atoms with Crippen molar-refractivity contribution in [3.05, 3.63) is 63.2 Å². The van der Waals surface area contributed by atoms with E-state index < -0.39 is 0 Å². The van der Waals surface area contributed by atoms with E-state index in [0.29, 0.717) is 0 Å². The number of aryl methyl sites for hydroxylation is 1. The van der Waals surface area contributed by atoms with Gasteiger partial charge in [0, 0.05) is 9.26 Å². The van der Waals surface area contributed by atoms with E-state index in [9.17, 15) is 4.79 Å². The Bertz CT molecular complexity index is 656. The predicted octanol–water partition coefficient (Wildman–Crippen LogP) is 3.59. The number of anilines is 1. The lowest BCUT2D eigenvalue weighted by Crippen LogP contribution is -2.17. The molecule has 0 saturated carbocycles. The molecule has 2 rings (SSSR count). The molecule has 0 aromatic heterocycles. The number of nitrogens with zero attached hydrogens (tertiary/aromatic N) is 1. The van der Waals surface area contributed by atoms with E-state index in [0.717, 1.165) is 20.4 Å². The molecule has 0 fully saturated rings. The van der Waals surface area contributed by atoms with Gasteiger partial charge in [0.25, 0.3) is 5.91 Å². The summed E-state index contributed by atoms with van der Waals surface area (Å²) >= 11 is 2.19. The van der Waals surface area contributed by atoms with E-state index in [1.807, 2.05) is 55.5 Å². The minimum absolute atomic E-state index is 0.117. The molecule has 0 aliphatic heterocycles. The average Bonchev–Trinajstić information content (AvgIpc) is 2.45. The molecule has 0 atom stereocenters. The van der Waals surface area contributed by atoms with Gasteiger partial charge in [-0.2, -0.15) is 0 Å². The molecular weight excluding hydrogens is 379 g/mol. The Morgan fingerprint density at radius 1 is 1.29 bits per heavy atom. The molecule has 5 heteroatoms. The van der Waals surface area contributed by atoms with Gasteiger partial charge in [-0.05, 0) is 58.8 Å². The van der Waals surface area contributed by atoms with Crippen LogP contribution in [0.15, 0.2) is 53.7 Å². The summed E-state index contributed by atoms with van der Waals surface area (Å²) in [6.07, 6.45) is 1.61. The van der Waals surface area contributed by atoms with Crippen molar-refractivity contribution in [3.8, 4) is 0 Å². The van der Waals surface area contributed by atoms with E-state index in [2.05, 4.69) is 33.1 Å². The lowest BCUT2D eigenvalue weighted by Gasteiger charge is -2.04. The molecule has 1 N–H and O–H groups in total. The zero-order chi connectivity index (χ0) is 15.1. The Hall–Kier alpha value is -1.89. The normalized spacial score (nSPS) is 10.6. The fraction of sp³-hybridized carbons (Fsp3) is 0.125.